The Morgan fingerprint density at radius 3 is 1.71 bits per heavy atom. The summed E-state index contributed by atoms with van der Waals surface area (Å²) in [5, 5.41) is 0. The highest BCUT2D eigenvalue weighted by molar-refractivity contribution is 5.51. The molecule has 0 aliphatic rings. The van der Waals surface area contributed by atoms with Gasteiger partial charge in [-0.05, 0) is 6.92 Å². The van der Waals surface area contributed by atoms with Crippen molar-refractivity contribution in [2.24, 2.45) is 0 Å². The topological polar surface area (TPSA) is 3.24 Å². The Labute approximate surface area is 78.9 Å². The summed E-state index contributed by atoms with van der Waals surface area (Å²) in [6.45, 7) is 1.06. The zero-order chi connectivity index (χ0) is 11.0. The number of hydrogen-bond acceptors (Lipinski definition) is 1. The van der Waals surface area contributed by atoms with Gasteiger partial charge in [0.15, 0.2) is 23.3 Å². The molecule has 0 unspecified atom stereocenters. The molecule has 78 valence electrons. The van der Waals surface area contributed by atoms with E-state index < -0.39 is 34.5 Å². The Morgan fingerprint density at radius 1 is 0.786 bits per heavy atom. The summed E-state index contributed by atoms with van der Waals surface area (Å²) in [6, 6.07) is 0. The Morgan fingerprint density at radius 2 is 1.29 bits per heavy atom. The third-order valence-electron chi connectivity index (χ3n) is 1.91. The van der Waals surface area contributed by atoms with Crippen LogP contribution in [0.2, 0.25) is 0 Å². The minimum atomic E-state index is -1.65. The van der Waals surface area contributed by atoms with Crippen LogP contribution in [0.4, 0.5) is 23.2 Å². The Kier molecular flexibility index (Phi) is 2.69. The van der Waals surface area contributed by atoms with E-state index in [9.17, 15) is 17.6 Å². The molecule has 0 fully saturated rings. The molecule has 0 N–H and O–H groups in total. The minimum Gasteiger partial charge on any atom is -0.373 e. The van der Waals surface area contributed by atoms with Crippen molar-refractivity contribution in [2.75, 3.05) is 19.0 Å². The first kappa shape index (κ1) is 10.8. The van der Waals surface area contributed by atoms with Gasteiger partial charge in [-0.2, -0.15) is 0 Å². The highest BCUT2D eigenvalue weighted by Crippen LogP contribution is 2.28. The SMILES string of the molecule is Cc1c(F)c(F)c(F)c(N(C)C)c1F. The van der Waals surface area contributed by atoms with Crippen LogP contribution in [0, 0.1) is 30.2 Å². The van der Waals surface area contributed by atoms with Crippen molar-refractivity contribution in [3.8, 4) is 0 Å². The van der Waals surface area contributed by atoms with Crippen LogP contribution in [0.3, 0.4) is 0 Å². The van der Waals surface area contributed by atoms with E-state index in [1.54, 1.807) is 0 Å². The second-order valence-electron chi connectivity index (χ2n) is 3.12. The summed E-state index contributed by atoms with van der Waals surface area (Å²) < 4.78 is 52.0. The number of hydrogen-bond donors (Lipinski definition) is 0. The molecule has 0 heterocycles. The van der Waals surface area contributed by atoms with Gasteiger partial charge in [0.2, 0.25) is 0 Å². The molecular weight excluding hydrogens is 198 g/mol. The predicted octanol–water partition coefficient (Wildman–Crippen LogP) is 2.62. The molecule has 1 rings (SSSR count). The number of rotatable bonds is 1. The number of nitrogens with zero attached hydrogens (tertiary/aromatic N) is 1. The molecule has 0 amide bonds. The van der Waals surface area contributed by atoms with Gasteiger partial charge in [-0.25, -0.2) is 17.6 Å². The zero-order valence-corrected chi connectivity index (χ0v) is 7.96. The van der Waals surface area contributed by atoms with Gasteiger partial charge in [-0.15, -0.1) is 0 Å². The molecule has 0 aliphatic heterocycles. The summed E-state index contributed by atoms with van der Waals surface area (Å²) in [4.78, 5) is 1.06. The largest absolute Gasteiger partial charge is 0.373 e. The number of halogens is 4. The van der Waals surface area contributed by atoms with Crippen molar-refractivity contribution in [1.29, 1.82) is 0 Å². The molecule has 1 aromatic carbocycles. The van der Waals surface area contributed by atoms with Crippen molar-refractivity contribution in [3.05, 3.63) is 28.8 Å². The van der Waals surface area contributed by atoms with Crippen LogP contribution in [0.1, 0.15) is 5.56 Å². The summed E-state index contributed by atoms with van der Waals surface area (Å²) in [6.07, 6.45) is 0. The first-order valence-electron chi connectivity index (χ1n) is 3.87. The van der Waals surface area contributed by atoms with Crippen LogP contribution < -0.4 is 4.90 Å². The Hall–Kier alpha value is -1.26. The molecule has 0 aromatic heterocycles. The fourth-order valence-electron chi connectivity index (χ4n) is 1.13. The third kappa shape index (κ3) is 1.42. The van der Waals surface area contributed by atoms with Crippen LogP contribution >= 0.6 is 0 Å². The van der Waals surface area contributed by atoms with E-state index >= 15 is 0 Å². The maximum Gasteiger partial charge on any atom is 0.197 e. The van der Waals surface area contributed by atoms with Crippen molar-refractivity contribution < 1.29 is 17.6 Å². The average Bonchev–Trinajstić information content (AvgIpc) is 2.11. The van der Waals surface area contributed by atoms with Crippen molar-refractivity contribution in [2.45, 2.75) is 6.92 Å². The van der Waals surface area contributed by atoms with Gasteiger partial charge in [0.1, 0.15) is 5.69 Å². The van der Waals surface area contributed by atoms with Gasteiger partial charge >= 0.3 is 0 Å². The van der Waals surface area contributed by atoms with Gasteiger partial charge in [-0.3, -0.25) is 0 Å². The van der Waals surface area contributed by atoms with Gasteiger partial charge in [0.05, 0.1) is 0 Å². The van der Waals surface area contributed by atoms with E-state index in [1.807, 2.05) is 0 Å². The lowest BCUT2D eigenvalue weighted by Gasteiger charge is -2.16. The van der Waals surface area contributed by atoms with E-state index in [2.05, 4.69) is 0 Å². The lowest BCUT2D eigenvalue weighted by molar-refractivity contribution is 0.429. The Bertz CT molecular complexity index is 345. The van der Waals surface area contributed by atoms with Gasteiger partial charge < -0.3 is 4.90 Å². The van der Waals surface area contributed by atoms with Crippen LogP contribution in [0.25, 0.3) is 0 Å². The highest BCUT2D eigenvalue weighted by atomic mass is 19.2. The summed E-state index contributed by atoms with van der Waals surface area (Å²) >= 11 is 0. The average molecular weight is 207 g/mol. The van der Waals surface area contributed by atoms with Gasteiger partial charge in [0, 0.05) is 19.7 Å². The minimum absolute atomic E-state index is 0.521. The lowest BCUT2D eigenvalue weighted by atomic mass is 10.1. The molecule has 0 aliphatic carbocycles. The van der Waals surface area contributed by atoms with Crippen LogP contribution in [0.15, 0.2) is 0 Å². The molecule has 14 heavy (non-hydrogen) atoms. The highest BCUT2D eigenvalue weighted by Gasteiger charge is 2.23. The van der Waals surface area contributed by atoms with Crippen LogP contribution in [-0.4, -0.2) is 14.1 Å². The normalized spacial score (nSPS) is 10.5. The molecule has 0 saturated carbocycles. The summed E-state index contributed by atoms with van der Waals surface area (Å²) in [7, 11) is 2.69. The molecule has 1 nitrogen and oxygen atoms in total. The molecule has 0 spiro atoms. The summed E-state index contributed by atoms with van der Waals surface area (Å²) in [5.74, 6) is -5.71. The second kappa shape index (κ2) is 3.48. The molecule has 0 saturated heterocycles. The fourth-order valence-corrected chi connectivity index (χ4v) is 1.13. The maximum atomic E-state index is 13.3. The third-order valence-corrected chi connectivity index (χ3v) is 1.91. The molecule has 5 heteroatoms. The first-order chi connectivity index (χ1) is 6.37. The standard InChI is InChI=1S/C9H9F4N/c1-4-5(10)7(12)8(13)9(6(4)11)14(2)3/h1-3H3. The number of anilines is 1. The predicted molar refractivity (Wildman–Crippen MR) is 45.3 cm³/mol. The molecule has 0 atom stereocenters. The maximum absolute atomic E-state index is 13.3. The molecule has 0 bridgehead atoms. The fraction of sp³-hybridized carbons (Fsp3) is 0.333. The van der Waals surface area contributed by atoms with Crippen molar-refractivity contribution >= 4 is 5.69 Å². The molecule has 1 aromatic rings. The van der Waals surface area contributed by atoms with E-state index in [0.29, 0.717) is 0 Å². The second-order valence-corrected chi connectivity index (χ2v) is 3.12. The van der Waals surface area contributed by atoms with Gasteiger partial charge in [-0.1, -0.05) is 0 Å². The van der Waals surface area contributed by atoms with Crippen LogP contribution in [0.5, 0.6) is 0 Å². The van der Waals surface area contributed by atoms with E-state index in [-0.39, 0.29) is 0 Å². The van der Waals surface area contributed by atoms with E-state index in [4.69, 9.17) is 0 Å². The summed E-state index contributed by atoms with van der Waals surface area (Å²) in [5.41, 5.74) is -1.09. The number of benzene rings is 1. The zero-order valence-electron chi connectivity index (χ0n) is 7.96. The first-order valence-corrected chi connectivity index (χ1v) is 3.87. The molecule has 0 radical (unpaired) electrons. The van der Waals surface area contributed by atoms with E-state index in [1.165, 1.54) is 14.1 Å². The van der Waals surface area contributed by atoms with E-state index in [0.717, 1.165) is 11.8 Å². The lowest BCUT2D eigenvalue weighted by Crippen LogP contribution is -2.16. The molecular formula is C9H9F4N. The van der Waals surface area contributed by atoms with Crippen molar-refractivity contribution in [3.63, 3.8) is 0 Å². The smallest absolute Gasteiger partial charge is 0.197 e. The van der Waals surface area contributed by atoms with Crippen molar-refractivity contribution in [1.82, 2.24) is 0 Å². The monoisotopic (exact) mass is 207 g/mol. The van der Waals surface area contributed by atoms with Crippen LogP contribution in [-0.2, 0) is 0 Å². The van der Waals surface area contributed by atoms with Gasteiger partial charge in [0.25, 0.3) is 0 Å². The Balaban J connectivity index is 3.60. The quantitative estimate of drug-likeness (QED) is 0.388.